The molecule has 0 aliphatic carbocycles. The van der Waals surface area contributed by atoms with Crippen LogP contribution in [0.1, 0.15) is 37.6 Å². The van der Waals surface area contributed by atoms with Crippen molar-refractivity contribution in [1.29, 1.82) is 5.26 Å². The van der Waals surface area contributed by atoms with Crippen LogP contribution in [-0.2, 0) is 5.44 Å². The van der Waals surface area contributed by atoms with Gasteiger partial charge < -0.3 is 10.6 Å². The lowest BCUT2D eigenvalue weighted by Crippen LogP contribution is -2.37. The molecule has 0 aliphatic heterocycles. The van der Waals surface area contributed by atoms with Crippen molar-refractivity contribution in [2.75, 3.05) is 17.2 Å². The summed E-state index contributed by atoms with van der Waals surface area (Å²) in [7, 11) is 7.03. The number of aromatic nitrogens is 5. The number of benzene rings is 2. The third kappa shape index (κ3) is 5.47. The maximum Gasteiger partial charge on any atom is 0.123 e. The van der Waals surface area contributed by atoms with Crippen molar-refractivity contribution < 1.29 is 4.39 Å². The fraction of sp³-hybridized carbons (Fsp3) is 0.207. The number of hydrogen-bond acceptors (Lipinski definition) is 7. The summed E-state index contributed by atoms with van der Waals surface area (Å²) in [5.74, 6) is -0.400. The highest BCUT2D eigenvalue weighted by Crippen LogP contribution is 2.37. The lowest BCUT2D eigenvalue weighted by atomic mass is 9.69. The Morgan fingerprint density at radius 1 is 1.12 bits per heavy atom. The van der Waals surface area contributed by atoms with E-state index in [0.717, 1.165) is 0 Å². The lowest BCUT2D eigenvalue weighted by molar-refractivity contribution is 0.443. The molecule has 0 spiro atoms. The molecule has 3 aromatic heterocycles. The van der Waals surface area contributed by atoms with Gasteiger partial charge in [0.15, 0.2) is 0 Å². The van der Waals surface area contributed by atoms with Gasteiger partial charge in [-0.15, -0.1) is 5.10 Å². The standard InChI is InChI=1S/C29H25BClFN8/c1-28(2,3)17-36-26-18(13-33)14-35-27-23(26)11-21(12-24(27)31)37-29(30,19-6-8-20(32)9-7-19)25-16-40(39-38-25)22-5-4-10-34-15-22/h4-12,14-16,37H,17H2,1-3H3,(H,35,36). The van der Waals surface area contributed by atoms with E-state index >= 15 is 0 Å². The van der Waals surface area contributed by atoms with Crippen LogP contribution in [0.5, 0.6) is 0 Å². The molecule has 3 heterocycles. The molecule has 0 aliphatic rings. The van der Waals surface area contributed by atoms with Gasteiger partial charge in [-0.2, -0.15) is 5.26 Å². The van der Waals surface area contributed by atoms with Gasteiger partial charge in [0.2, 0.25) is 0 Å². The molecule has 1 unspecified atom stereocenters. The van der Waals surface area contributed by atoms with Gasteiger partial charge in [-0.1, -0.05) is 49.7 Å². The van der Waals surface area contributed by atoms with Gasteiger partial charge in [-0.3, -0.25) is 9.97 Å². The first-order valence-corrected chi connectivity index (χ1v) is 12.9. The second-order valence-electron chi connectivity index (χ2n) is 10.6. The number of rotatable bonds is 7. The van der Waals surface area contributed by atoms with Gasteiger partial charge in [0.1, 0.15) is 25.4 Å². The molecule has 8 nitrogen and oxygen atoms in total. The van der Waals surface area contributed by atoms with E-state index < -0.39 is 11.3 Å². The first-order valence-electron chi connectivity index (χ1n) is 12.5. The monoisotopic (exact) mass is 550 g/mol. The molecule has 0 fully saturated rings. The molecule has 11 heteroatoms. The normalized spacial score (nSPS) is 13.0. The third-order valence-corrected chi connectivity index (χ3v) is 6.58. The van der Waals surface area contributed by atoms with Crippen molar-refractivity contribution in [3.63, 3.8) is 0 Å². The van der Waals surface area contributed by atoms with Crippen molar-refractivity contribution in [2.24, 2.45) is 5.41 Å². The highest BCUT2D eigenvalue weighted by molar-refractivity contribution is 6.36. The summed E-state index contributed by atoms with van der Waals surface area (Å²) in [6.45, 7) is 6.91. The molecule has 2 aromatic carbocycles. The van der Waals surface area contributed by atoms with E-state index in [-0.39, 0.29) is 5.41 Å². The Kier molecular flexibility index (Phi) is 7.17. The van der Waals surface area contributed by atoms with Crippen molar-refractivity contribution >= 4 is 41.7 Å². The van der Waals surface area contributed by atoms with E-state index in [1.165, 1.54) is 18.3 Å². The quantitative estimate of drug-likeness (QED) is 0.246. The predicted octanol–water partition coefficient (Wildman–Crippen LogP) is 5.81. The van der Waals surface area contributed by atoms with Gasteiger partial charge >= 0.3 is 0 Å². The summed E-state index contributed by atoms with van der Waals surface area (Å²) in [5.41, 5.74) is 2.21. The van der Waals surface area contributed by atoms with Crippen LogP contribution >= 0.6 is 11.6 Å². The minimum atomic E-state index is -1.44. The average molecular weight is 551 g/mol. The number of pyridine rings is 2. The van der Waals surface area contributed by atoms with Gasteiger partial charge in [-0.25, -0.2) is 9.07 Å². The van der Waals surface area contributed by atoms with Crippen LogP contribution in [-0.4, -0.2) is 39.4 Å². The van der Waals surface area contributed by atoms with Gasteiger partial charge in [0, 0.05) is 30.0 Å². The van der Waals surface area contributed by atoms with Crippen LogP contribution in [0, 0.1) is 22.6 Å². The topological polar surface area (TPSA) is 104 Å². The zero-order chi connectivity index (χ0) is 28.5. The summed E-state index contributed by atoms with van der Waals surface area (Å²) in [6.07, 6.45) is 6.50. The Morgan fingerprint density at radius 2 is 1.90 bits per heavy atom. The van der Waals surface area contributed by atoms with Gasteiger partial charge in [-0.05, 0) is 47.4 Å². The summed E-state index contributed by atoms with van der Waals surface area (Å²) in [4.78, 5) is 8.56. The fourth-order valence-corrected chi connectivity index (χ4v) is 4.51. The smallest absolute Gasteiger partial charge is 0.123 e. The molecule has 0 bridgehead atoms. The maximum absolute atomic E-state index is 13.9. The largest absolute Gasteiger partial charge is 0.383 e. The molecule has 5 rings (SSSR count). The molecule has 0 saturated heterocycles. The number of anilines is 2. The van der Waals surface area contributed by atoms with Crippen molar-refractivity contribution in [2.45, 2.75) is 26.2 Å². The number of nitrogens with one attached hydrogen (secondary N) is 2. The van der Waals surface area contributed by atoms with E-state index in [1.54, 1.807) is 47.5 Å². The van der Waals surface area contributed by atoms with E-state index in [1.807, 2.05) is 12.1 Å². The fourth-order valence-electron chi connectivity index (χ4n) is 4.25. The summed E-state index contributed by atoms with van der Waals surface area (Å²) >= 11 is 6.70. The van der Waals surface area contributed by atoms with Crippen LogP contribution in [0.3, 0.4) is 0 Å². The Hall–Kier alpha value is -4.49. The second kappa shape index (κ2) is 10.6. The van der Waals surface area contributed by atoms with Crippen LogP contribution < -0.4 is 10.6 Å². The number of hydrogen-bond donors (Lipinski definition) is 2. The maximum atomic E-state index is 13.9. The minimum absolute atomic E-state index is 0.0446. The average Bonchev–Trinajstić information content (AvgIpc) is 3.43. The van der Waals surface area contributed by atoms with Crippen molar-refractivity contribution in [3.8, 4) is 11.8 Å². The highest BCUT2D eigenvalue weighted by Gasteiger charge is 2.32. The van der Waals surface area contributed by atoms with E-state index in [0.29, 0.717) is 56.4 Å². The third-order valence-electron chi connectivity index (χ3n) is 6.29. The molecule has 2 radical (unpaired) electrons. The Balaban J connectivity index is 1.63. The highest BCUT2D eigenvalue weighted by atomic mass is 35.5. The number of nitrogens with zero attached hydrogens (tertiary/aromatic N) is 6. The van der Waals surface area contributed by atoms with E-state index in [2.05, 4.69) is 57.8 Å². The first kappa shape index (κ1) is 27.1. The zero-order valence-electron chi connectivity index (χ0n) is 22.2. The van der Waals surface area contributed by atoms with E-state index in [4.69, 9.17) is 19.4 Å². The first-order chi connectivity index (χ1) is 19.1. The molecule has 0 amide bonds. The predicted molar refractivity (Wildman–Crippen MR) is 155 cm³/mol. The molecular formula is C29H25BClFN8. The molecule has 2 N–H and O–H groups in total. The van der Waals surface area contributed by atoms with Crippen LogP contribution in [0.2, 0.25) is 5.02 Å². The van der Waals surface area contributed by atoms with Crippen LogP contribution in [0.15, 0.2) is 73.3 Å². The second-order valence-corrected chi connectivity index (χ2v) is 11.0. The molecule has 5 aromatic rings. The molecule has 40 heavy (non-hydrogen) atoms. The van der Waals surface area contributed by atoms with Crippen molar-refractivity contribution in [1.82, 2.24) is 25.0 Å². The van der Waals surface area contributed by atoms with Crippen molar-refractivity contribution in [3.05, 3.63) is 101 Å². The Morgan fingerprint density at radius 3 is 2.58 bits per heavy atom. The van der Waals surface area contributed by atoms with Crippen LogP contribution in [0.25, 0.3) is 16.6 Å². The summed E-state index contributed by atoms with van der Waals surface area (Å²) < 4.78 is 15.4. The lowest BCUT2D eigenvalue weighted by Gasteiger charge is -2.32. The molecular weight excluding hydrogens is 526 g/mol. The summed E-state index contributed by atoms with van der Waals surface area (Å²) in [5, 5.41) is 26.1. The minimum Gasteiger partial charge on any atom is -0.383 e. The number of nitriles is 1. The molecule has 0 saturated carbocycles. The van der Waals surface area contributed by atoms with Gasteiger partial charge in [0.05, 0.1) is 45.3 Å². The molecule has 1 atom stereocenters. The summed E-state index contributed by atoms with van der Waals surface area (Å²) in [6, 6.07) is 15.2. The Bertz CT molecular complexity index is 1710. The number of halogens is 2. The zero-order valence-corrected chi connectivity index (χ0v) is 22.9. The van der Waals surface area contributed by atoms with E-state index in [9.17, 15) is 9.65 Å². The number of fused-ring (bicyclic) bond motifs is 1. The Labute approximate surface area is 237 Å². The van der Waals surface area contributed by atoms with Gasteiger partial charge in [0.25, 0.3) is 0 Å². The molecule has 198 valence electrons. The SMILES string of the molecule is [B]C(Nc1cc(Cl)c2ncc(C#N)c(NCC(C)(C)C)c2c1)(c1ccc(F)cc1)c1cn(-c2cccnc2)nn1. The van der Waals surface area contributed by atoms with Crippen LogP contribution in [0.4, 0.5) is 15.8 Å².